The predicted molar refractivity (Wildman–Crippen MR) is 55.8 cm³/mol. The number of ether oxygens (including phenoxy) is 3. The maximum absolute atomic E-state index is 9.97. The lowest BCUT2D eigenvalue weighted by Crippen LogP contribution is -1.95. The molecular weight excluding hydrogens is 210 g/mol. The van der Waals surface area contributed by atoms with E-state index in [-0.39, 0.29) is 6.79 Å². The molecule has 0 fully saturated rings. The SMILES string of the molecule is COc1cc2c(cc1CCN=C=O)OCO2. The lowest BCUT2D eigenvalue weighted by molar-refractivity contribution is 0.174. The number of fused-ring (bicyclic) bond motifs is 1. The quantitative estimate of drug-likeness (QED) is 0.568. The number of nitrogens with zero attached hydrogens (tertiary/aromatic N) is 1. The highest BCUT2D eigenvalue weighted by molar-refractivity contribution is 5.52. The van der Waals surface area contributed by atoms with E-state index in [4.69, 9.17) is 14.2 Å². The number of hydrogen-bond donors (Lipinski definition) is 0. The van der Waals surface area contributed by atoms with Crippen molar-refractivity contribution in [1.82, 2.24) is 0 Å². The molecule has 0 saturated carbocycles. The largest absolute Gasteiger partial charge is 0.496 e. The molecule has 1 heterocycles. The Morgan fingerprint density at radius 1 is 1.44 bits per heavy atom. The van der Waals surface area contributed by atoms with Crippen molar-refractivity contribution < 1.29 is 19.0 Å². The van der Waals surface area contributed by atoms with Crippen LogP contribution in [0.3, 0.4) is 0 Å². The highest BCUT2D eigenvalue weighted by atomic mass is 16.7. The van der Waals surface area contributed by atoms with Gasteiger partial charge in [0.1, 0.15) is 5.75 Å². The number of isocyanates is 1. The van der Waals surface area contributed by atoms with Crippen LogP contribution in [0.4, 0.5) is 0 Å². The zero-order valence-electron chi connectivity index (χ0n) is 8.86. The molecular formula is C11H11NO4. The van der Waals surface area contributed by atoms with Gasteiger partial charge in [0.2, 0.25) is 12.9 Å². The van der Waals surface area contributed by atoms with Crippen LogP contribution >= 0.6 is 0 Å². The first-order valence-electron chi connectivity index (χ1n) is 4.85. The number of benzene rings is 1. The van der Waals surface area contributed by atoms with E-state index in [2.05, 4.69) is 4.99 Å². The summed E-state index contributed by atoms with van der Waals surface area (Å²) in [4.78, 5) is 13.5. The highest BCUT2D eigenvalue weighted by Crippen LogP contribution is 2.38. The van der Waals surface area contributed by atoms with Gasteiger partial charge in [-0.15, -0.1) is 0 Å². The van der Waals surface area contributed by atoms with Gasteiger partial charge in [0.05, 0.1) is 13.7 Å². The summed E-state index contributed by atoms with van der Waals surface area (Å²) >= 11 is 0. The van der Waals surface area contributed by atoms with Gasteiger partial charge in [0.25, 0.3) is 0 Å². The predicted octanol–water partition coefficient (Wildman–Crippen LogP) is 1.30. The van der Waals surface area contributed by atoms with Crippen LogP contribution in [0.25, 0.3) is 0 Å². The molecule has 2 rings (SSSR count). The number of methoxy groups -OCH3 is 1. The average molecular weight is 221 g/mol. The Balaban J connectivity index is 2.25. The van der Waals surface area contributed by atoms with Crippen molar-refractivity contribution in [3.8, 4) is 17.2 Å². The third kappa shape index (κ3) is 1.99. The van der Waals surface area contributed by atoms with Gasteiger partial charge in [-0.1, -0.05) is 0 Å². The van der Waals surface area contributed by atoms with E-state index >= 15 is 0 Å². The third-order valence-electron chi connectivity index (χ3n) is 2.33. The van der Waals surface area contributed by atoms with E-state index in [1.54, 1.807) is 13.2 Å². The fourth-order valence-electron chi connectivity index (χ4n) is 1.57. The van der Waals surface area contributed by atoms with Crippen molar-refractivity contribution >= 4 is 6.08 Å². The molecule has 84 valence electrons. The molecule has 5 nitrogen and oxygen atoms in total. The second-order valence-electron chi connectivity index (χ2n) is 3.24. The molecule has 1 aromatic rings. The lowest BCUT2D eigenvalue weighted by atomic mass is 10.1. The lowest BCUT2D eigenvalue weighted by Gasteiger charge is -2.08. The summed E-state index contributed by atoms with van der Waals surface area (Å²) in [5, 5.41) is 0. The summed E-state index contributed by atoms with van der Waals surface area (Å²) in [5.74, 6) is 2.09. The molecule has 0 N–H and O–H groups in total. The molecule has 0 aromatic heterocycles. The van der Waals surface area contributed by atoms with Gasteiger partial charge in [-0.05, 0) is 18.1 Å². The smallest absolute Gasteiger partial charge is 0.234 e. The van der Waals surface area contributed by atoms with Crippen molar-refractivity contribution in [1.29, 1.82) is 0 Å². The summed E-state index contributed by atoms with van der Waals surface area (Å²) < 4.78 is 15.7. The summed E-state index contributed by atoms with van der Waals surface area (Å²) in [6, 6.07) is 3.63. The standard InChI is InChI=1S/C11H11NO4/c1-14-9-5-11-10(15-7-16-11)4-8(9)2-3-12-6-13/h4-5H,2-3,7H2,1H3. The topological polar surface area (TPSA) is 57.1 Å². The summed E-state index contributed by atoms with van der Waals surface area (Å²) in [6.45, 7) is 0.619. The molecule has 0 radical (unpaired) electrons. The molecule has 1 aliphatic heterocycles. The Kier molecular flexibility index (Phi) is 3.08. The maximum Gasteiger partial charge on any atom is 0.234 e. The van der Waals surface area contributed by atoms with Gasteiger partial charge in [-0.2, -0.15) is 0 Å². The normalized spacial score (nSPS) is 12.1. The zero-order chi connectivity index (χ0) is 11.4. The van der Waals surface area contributed by atoms with Gasteiger partial charge in [0.15, 0.2) is 11.5 Å². The van der Waals surface area contributed by atoms with Gasteiger partial charge < -0.3 is 14.2 Å². The molecule has 5 heteroatoms. The first-order valence-corrected chi connectivity index (χ1v) is 4.85. The Bertz CT molecular complexity index is 438. The molecule has 0 spiro atoms. The van der Waals surface area contributed by atoms with Crippen LogP contribution in [0.5, 0.6) is 17.2 Å². The summed E-state index contributed by atoms with van der Waals surface area (Å²) in [5.41, 5.74) is 0.936. The van der Waals surface area contributed by atoms with Gasteiger partial charge in [-0.25, -0.2) is 9.79 Å². The maximum atomic E-state index is 9.97. The van der Waals surface area contributed by atoms with E-state index in [0.717, 1.165) is 5.56 Å². The van der Waals surface area contributed by atoms with Gasteiger partial charge in [-0.3, -0.25) is 0 Å². The van der Waals surface area contributed by atoms with Crippen molar-refractivity contribution in [2.24, 2.45) is 4.99 Å². The molecule has 0 saturated heterocycles. The van der Waals surface area contributed by atoms with Crippen LogP contribution in [0.2, 0.25) is 0 Å². The number of rotatable bonds is 4. The summed E-state index contributed by atoms with van der Waals surface area (Å²) in [7, 11) is 1.59. The van der Waals surface area contributed by atoms with Crippen LogP contribution in [0, 0.1) is 0 Å². The Labute approximate surface area is 92.6 Å². The van der Waals surface area contributed by atoms with E-state index in [1.165, 1.54) is 6.08 Å². The number of hydrogen-bond acceptors (Lipinski definition) is 5. The second-order valence-corrected chi connectivity index (χ2v) is 3.24. The molecule has 0 unspecified atom stereocenters. The first-order chi connectivity index (χ1) is 7.85. The van der Waals surface area contributed by atoms with Gasteiger partial charge >= 0.3 is 0 Å². The summed E-state index contributed by atoms with van der Waals surface area (Å²) in [6.07, 6.45) is 2.11. The molecule has 16 heavy (non-hydrogen) atoms. The molecule has 1 aliphatic rings. The second kappa shape index (κ2) is 4.68. The molecule has 0 aliphatic carbocycles. The van der Waals surface area contributed by atoms with Gasteiger partial charge in [0, 0.05) is 6.07 Å². The van der Waals surface area contributed by atoms with Crippen LogP contribution < -0.4 is 14.2 Å². The van der Waals surface area contributed by atoms with Crippen molar-refractivity contribution in [3.05, 3.63) is 17.7 Å². The van der Waals surface area contributed by atoms with Crippen LogP contribution in [0.15, 0.2) is 17.1 Å². The Hall–Kier alpha value is -2.00. The fourth-order valence-corrected chi connectivity index (χ4v) is 1.57. The van der Waals surface area contributed by atoms with Crippen molar-refractivity contribution in [2.45, 2.75) is 6.42 Å². The van der Waals surface area contributed by atoms with Crippen molar-refractivity contribution in [2.75, 3.05) is 20.4 Å². The highest BCUT2D eigenvalue weighted by Gasteiger charge is 2.17. The zero-order valence-corrected chi connectivity index (χ0v) is 8.86. The Morgan fingerprint density at radius 3 is 2.88 bits per heavy atom. The van der Waals surface area contributed by atoms with E-state index in [0.29, 0.717) is 30.2 Å². The van der Waals surface area contributed by atoms with E-state index in [9.17, 15) is 4.79 Å². The minimum absolute atomic E-state index is 0.231. The minimum atomic E-state index is 0.231. The van der Waals surface area contributed by atoms with Crippen LogP contribution in [-0.2, 0) is 11.2 Å². The molecule has 0 bridgehead atoms. The minimum Gasteiger partial charge on any atom is -0.496 e. The fraction of sp³-hybridized carbons (Fsp3) is 0.364. The van der Waals surface area contributed by atoms with Crippen molar-refractivity contribution in [3.63, 3.8) is 0 Å². The Morgan fingerprint density at radius 2 is 2.19 bits per heavy atom. The van der Waals surface area contributed by atoms with Crippen LogP contribution in [-0.4, -0.2) is 26.5 Å². The number of aliphatic imine (C=N–C) groups is 1. The molecule has 1 aromatic carbocycles. The van der Waals surface area contributed by atoms with Crippen LogP contribution in [0.1, 0.15) is 5.56 Å². The van der Waals surface area contributed by atoms with E-state index < -0.39 is 0 Å². The third-order valence-corrected chi connectivity index (χ3v) is 2.33. The number of carbonyl (C=O) groups excluding carboxylic acids is 1. The monoisotopic (exact) mass is 221 g/mol. The first kappa shape index (κ1) is 10.5. The molecule has 0 amide bonds. The average Bonchev–Trinajstić information content (AvgIpc) is 2.75. The van der Waals surface area contributed by atoms with E-state index in [1.807, 2.05) is 6.07 Å². The molecule has 0 atom stereocenters.